The minimum atomic E-state index is -0.495. The normalized spacial score (nSPS) is 11.0. The Labute approximate surface area is 234 Å². The molecule has 0 unspecified atom stereocenters. The molecule has 4 aromatic heterocycles. The Morgan fingerprint density at radius 1 is 1.07 bits per heavy atom. The Bertz CT molecular complexity index is 1730. The Morgan fingerprint density at radius 2 is 1.93 bits per heavy atom. The average Bonchev–Trinajstić information content (AvgIpc) is 3.36. The summed E-state index contributed by atoms with van der Waals surface area (Å²) in [6, 6.07) is 16.2. The number of hydrogen-bond donors (Lipinski definition) is 3. The number of rotatable bonds is 10. The van der Waals surface area contributed by atoms with Crippen molar-refractivity contribution >= 4 is 29.6 Å². The van der Waals surface area contributed by atoms with Crippen molar-refractivity contribution in [2.24, 2.45) is 0 Å². The highest BCUT2D eigenvalue weighted by Crippen LogP contribution is 2.23. The minimum Gasteiger partial charge on any atom is -0.491 e. The first-order chi connectivity index (χ1) is 20.0. The van der Waals surface area contributed by atoms with Crippen LogP contribution in [-0.2, 0) is 6.54 Å². The van der Waals surface area contributed by atoms with Crippen LogP contribution < -0.4 is 26.7 Å². The van der Waals surface area contributed by atoms with Gasteiger partial charge in [-0.05, 0) is 42.0 Å². The second-order valence-electron chi connectivity index (χ2n) is 8.65. The molecule has 0 radical (unpaired) electrons. The van der Waals surface area contributed by atoms with E-state index >= 15 is 0 Å². The van der Waals surface area contributed by atoms with Gasteiger partial charge in [0.25, 0.3) is 11.5 Å². The second-order valence-corrected chi connectivity index (χ2v) is 8.65. The van der Waals surface area contributed by atoms with E-state index in [0.29, 0.717) is 18.1 Å². The van der Waals surface area contributed by atoms with Gasteiger partial charge >= 0.3 is 0 Å². The van der Waals surface area contributed by atoms with Gasteiger partial charge in [0.05, 0.1) is 19.9 Å². The van der Waals surface area contributed by atoms with E-state index in [1.807, 2.05) is 36.4 Å². The first kappa shape index (κ1) is 26.7. The highest BCUT2D eigenvalue weighted by atomic mass is 16.5. The molecule has 0 saturated carbocycles. The maximum atomic E-state index is 12.8. The zero-order chi connectivity index (χ0) is 28.6. The van der Waals surface area contributed by atoms with E-state index < -0.39 is 11.5 Å². The number of carbonyl (C=O) groups is 1. The molecule has 0 atom stereocenters. The highest BCUT2D eigenvalue weighted by molar-refractivity contribution is 5.93. The fourth-order valence-corrected chi connectivity index (χ4v) is 3.87. The third-order valence-corrected chi connectivity index (χ3v) is 5.83. The van der Waals surface area contributed by atoms with Crippen LogP contribution in [-0.4, -0.2) is 53.8 Å². The number of carbonyl (C=O) groups excluding carboxylic acids is 1. The van der Waals surface area contributed by atoms with E-state index in [2.05, 4.69) is 35.7 Å². The molecule has 41 heavy (non-hydrogen) atoms. The average molecular weight is 551 g/mol. The van der Waals surface area contributed by atoms with Crippen molar-refractivity contribution in [2.75, 3.05) is 24.7 Å². The van der Waals surface area contributed by atoms with E-state index in [1.165, 1.54) is 28.6 Å². The molecule has 1 amide bonds. The van der Waals surface area contributed by atoms with Gasteiger partial charge in [0.15, 0.2) is 11.6 Å². The molecule has 5 rings (SSSR count). The van der Waals surface area contributed by atoms with Gasteiger partial charge in [-0.1, -0.05) is 30.3 Å². The van der Waals surface area contributed by atoms with Crippen LogP contribution in [0, 0.1) is 0 Å². The lowest BCUT2D eigenvalue weighted by Gasteiger charge is -2.08. The number of hydrogen-bond acceptors (Lipinski definition) is 10. The molecule has 0 spiro atoms. The number of nitrogens with zero attached hydrogens (tertiary/aromatic N) is 7. The molecule has 0 fully saturated rings. The molecule has 0 bridgehead atoms. The fraction of sp³-hybridized carbons (Fsp3) is 0.107. The summed E-state index contributed by atoms with van der Waals surface area (Å²) >= 11 is 0. The van der Waals surface area contributed by atoms with Crippen LogP contribution in [0.5, 0.6) is 5.75 Å². The summed E-state index contributed by atoms with van der Waals surface area (Å²) in [6.45, 7) is 0.446. The summed E-state index contributed by atoms with van der Waals surface area (Å²) in [6.07, 6.45) is 9.73. The molecule has 0 saturated heterocycles. The van der Waals surface area contributed by atoms with E-state index in [4.69, 9.17) is 10.5 Å². The molecule has 13 nitrogen and oxygen atoms in total. The van der Waals surface area contributed by atoms with Crippen LogP contribution in [0.2, 0.25) is 0 Å². The minimum absolute atomic E-state index is 0.0364. The number of methoxy groups -OCH3 is 1. The molecule has 0 aliphatic rings. The van der Waals surface area contributed by atoms with Gasteiger partial charge in [-0.2, -0.15) is 9.67 Å². The van der Waals surface area contributed by atoms with Gasteiger partial charge in [-0.15, -0.1) is 5.10 Å². The van der Waals surface area contributed by atoms with E-state index in [9.17, 15) is 9.59 Å². The van der Waals surface area contributed by atoms with Crippen LogP contribution in [0.1, 0.15) is 21.7 Å². The van der Waals surface area contributed by atoms with Gasteiger partial charge in [-0.25, -0.2) is 9.97 Å². The fourth-order valence-electron chi connectivity index (χ4n) is 3.87. The largest absolute Gasteiger partial charge is 0.491 e. The molecule has 5 aromatic rings. The molecule has 13 heteroatoms. The summed E-state index contributed by atoms with van der Waals surface area (Å²) in [5.74, 6) is 0.835. The summed E-state index contributed by atoms with van der Waals surface area (Å²) in [4.78, 5) is 42.6. The SMILES string of the molecule is COc1cnc(C=CCNC(=O)c2cccn(Cc3cccnc3)c2=O)nc1-n1nc(Nc2ccccc2)nc1N. The maximum Gasteiger partial charge on any atom is 0.263 e. The zero-order valence-corrected chi connectivity index (χ0v) is 22.0. The Morgan fingerprint density at radius 3 is 2.71 bits per heavy atom. The van der Waals surface area contributed by atoms with Gasteiger partial charge in [0.1, 0.15) is 5.56 Å². The van der Waals surface area contributed by atoms with Crippen molar-refractivity contribution in [3.63, 3.8) is 0 Å². The predicted octanol–water partition coefficient (Wildman–Crippen LogP) is 2.44. The van der Waals surface area contributed by atoms with Crippen molar-refractivity contribution in [1.82, 2.24) is 39.6 Å². The first-order valence-electron chi connectivity index (χ1n) is 12.5. The summed E-state index contributed by atoms with van der Waals surface area (Å²) < 4.78 is 8.20. The number of aromatic nitrogens is 7. The number of amides is 1. The van der Waals surface area contributed by atoms with Crippen LogP contribution in [0.3, 0.4) is 0 Å². The smallest absolute Gasteiger partial charge is 0.263 e. The van der Waals surface area contributed by atoms with Crippen molar-refractivity contribution in [3.8, 4) is 11.6 Å². The van der Waals surface area contributed by atoms with Gasteiger partial charge < -0.3 is 25.7 Å². The summed E-state index contributed by atoms with van der Waals surface area (Å²) in [7, 11) is 1.48. The second kappa shape index (κ2) is 12.3. The number of benzene rings is 1. The van der Waals surface area contributed by atoms with Gasteiger partial charge in [0.2, 0.25) is 17.7 Å². The first-order valence-corrected chi connectivity index (χ1v) is 12.5. The van der Waals surface area contributed by atoms with Gasteiger partial charge in [-0.3, -0.25) is 14.6 Å². The van der Waals surface area contributed by atoms with E-state index in [1.54, 1.807) is 42.9 Å². The lowest BCUT2D eigenvalue weighted by Crippen LogP contribution is -2.33. The molecule has 1 aromatic carbocycles. The Kier molecular flexibility index (Phi) is 8.05. The zero-order valence-electron chi connectivity index (χ0n) is 22.0. The monoisotopic (exact) mass is 550 g/mol. The lowest BCUT2D eigenvalue weighted by molar-refractivity contribution is 0.0956. The highest BCUT2D eigenvalue weighted by Gasteiger charge is 2.16. The molecule has 206 valence electrons. The number of ether oxygens (including phenoxy) is 1. The third-order valence-electron chi connectivity index (χ3n) is 5.83. The molecule has 0 aliphatic heterocycles. The lowest BCUT2D eigenvalue weighted by atomic mass is 10.2. The third kappa shape index (κ3) is 6.42. The summed E-state index contributed by atoms with van der Waals surface area (Å²) in [5.41, 5.74) is 7.41. The summed E-state index contributed by atoms with van der Waals surface area (Å²) in [5, 5.41) is 10.2. The van der Waals surface area contributed by atoms with Gasteiger partial charge in [0, 0.05) is 30.8 Å². The van der Waals surface area contributed by atoms with Crippen molar-refractivity contribution in [3.05, 3.63) is 113 Å². The van der Waals surface area contributed by atoms with E-state index in [0.717, 1.165) is 11.3 Å². The van der Waals surface area contributed by atoms with Crippen molar-refractivity contribution < 1.29 is 9.53 Å². The van der Waals surface area contributed by atoms with Crippen LogP contribution in [0.25, 0.3) is 11.9 Å². The number of nitrogens with two attached hydrogens (primary N) is 1. The van der Waals surface area contributed by atoms with Crippen molar-refractivity contribution in [1.29, 1.82) is 0 Å². The molecule has 4 N–H and O–H groups in total. The maximum absolute atomic E-state index is 12.8. The van der Waals surface area contributed by atoms with Crippen LogP contribution >= 0.6 is 0 Å². The Hall–Kier alpha value is -5.85. The predicted molar refractivity (Wildman–Crippen MR) is 153 cm³/mol. The molecular formula is C28H26N10O3. The molecule has 4 heterocycles. The van der Waals surface area contributed by atoms with Crippen LogP contribution in [0.4, 0.5) is 17.6 Å². The molecule has 0 aliphatic carbocycles. The standard InChI is InChI=1S/C28H26N10O3/c1-41-22-17-32-23(34-24(22)38-27(29)35-28(36-38)33-20-9-3-2-4-10-20)12-6-14-31-25(39)21-11-7-15-37(26(21)40)18-19-8-5-13-30-16-19/h2-13,15-17H,14,18H2,1H3,(H,31,39)(H3,29,33,35,36). The molecular weight excluding hydrogens is 524 g/mol. The Balaban J connectivity index is 1.26. The topological polar surface area (TPSA) is 168 Å². The number of nitrogen functional groups attached to an aromatic ring is 1. The number of nitrogens with one attached hydrogen (secondary N) is 2. The number of para-hydroxylation sites is 1. The number of pyridine rings is 2. The van der Waals surface area contributed by atoms with Crippen LogP contribution in [0.15, 0.2) is 90.3 Å². The van der Waals surface area contributed by atoms with Crippen molar-refractivity contribution in [2.45, 2.75) is 6.54 Å². The quantitative estimate of drug-likeness (QED) is 0.235. The van der Waals surface area contributed by atoms with E-state index in [-0.39, 0.29) is 29.8 Å². The number of anilines is 3.